The van der Waals surface area contributed by atoms with Gasteiger partial charge >= 0.3 is 6.03 Å². The van der Waals surface area contributed by atoms with Crippen LogP contribution in [0.2, 0.25) is 0 Å². The maximum atomic E-state index is 11.8. The van der Waals surface area contributed by atoms with E-state index < -0.39 is 11.3 Å². The summed E-state index contributed by atoms with van der Waals surface area (Å²) in [5, 5.41) is 1.63. The minimum Gasteiger partial charge on any atom is -0.324 e. The molecule has 1 heterocycles. The molecule has 2 unspecified atom stereocenters. The molecule has 0 saturated carbocycles. The van der Waals surface area contributed by atoms with Gasteiger partial charge in [0.1, 0.15) is 5.38 Å². The van der Waals surface area contributed by atoms with E-state index in [2.05, 4.69) is 26.1 Å². The normalized spacial score (nSPS) is 22.4. The summed E-state index contributed by atoms with van der Waals surface area (Å²) >= 11 is 5.60. The van der Waals surface area contributed by atoms with E-state index in [1.165, 1.54) is 0 Å². The van der Waals surface area contributed by atoms with E-state index in [0.717, 1.165) is 6.42 Å². The second kappa shape index (κ2) is 5.25. The number of nitrogens with one attached hydrogen (secondary N) is 1. The van der Waals surface area contributed by atoms with Gasteiger partial charge in [0.15, 0.2) is 0 Å². The predicted octanol–water partition coefficient (Wildman–Crippen LogP) is 2.22. The molecule has 1 saturated heterocycles. The number of imide groups is 1. The lowest BCUT2D eigenvalue weighted by molar-refractivity contribution is -0.119. The van der Waals surface area contributed by atoms with Crippen molar-refractivity contribution in [3.8, 4) is 0 Å². The molecule has 0 bridgehead atoms. The van der Waals surface area contributed by atoms with Crippen molar-refractivity contribution in [1.29, 1.82) is 0 Å². The van der Waals surface area contributed by atoms with E-state index in [1.807, 2.05) is 0 Å². The molecule has 0 aromatic heterocycles. The number of urea groups is 1. The number of hydrogen-bond acceptors (Lipinski definition) is 2. The van der Waals surface area contributed by atoms with Gasteiger partial charge in [-0.1, -0.05) is 20.8 Å². The number of hydrogen-bond donors (Lipinski definition) is 1. The van der Waals surface area contributed by atoms with Crippen molar-refractivity contribution < 1.29 is 9.59 Å². The van der Waals surface area contributed by atoms with Gasteiger partial charge in [0, 0.05) is 13.1 Å². The van der Waals surface area contributed by atoms with Gasteiger partial charge in [-0.25, -0.2) is 4.79 Å². The zero-order valence-corrected chi connectivity index (χ0v) is 11.7. The molecule has 1 rings (SSSR count). The van der Waals surface area contributed by atoms with E-state index >= 15 is 0 Å². The maximum absolute atomic E-state index is 11.8. The third-order valence-corrected chi connectivity index (χ3v) is 3.49. The topological polar surface area (TPSA) is 49.4 Å². The Morgan fingerprint density at radius 1 is 1.41 bits per heavy atom. The highest BCUT2D eigenvalue weighted by Crippen LogP contribution is 2.33. The Balaban J connectivity index is 2.49. The lowest BCUT2D eigenvalue weighted by Gasteiger charge is -2.26. The van der Waals surface area contributed by atoms with Crippen molar-refractivity contribution in [2.45, 2.75) is 39.5 Å². The van der Waals surface area contributed by atoms with Gasteiger partial charge in [-0.3, -0.25) is 10.1 Å². The van der Waals surface area contributed by atoms with E-state index in [0.29, 0.717) is 19.0 Å². The van der Waals surface area contributed by atoms with Gasteiger partial charge in [0.2, 0.25) is 5.91 Å². The van der Waals surface area contributed by atoms with Crippen LogP contribution in [0.3, 0.4) is 0 Å². The molecule has 0 spiro atoms. The highest BCUT2D eigenvalue weighted by molar-refractivity contribution is 6.31. The SMILES string of the molecule is CC(Cl)C(=O)NC(=O)N1CCC(C(C)(C)C)C1. The number of likely N-dealkylation sites (tertiary alicyclic amines) is 1. The van der Waals surface area contributed by atoms with Crippen LogP contribution in [0.15, 0.2) is 0 Å². The van der Waals surface area contributed by atoms with Crippen LogP contribution >= 0.6 is 11.6 Å². The molecule has 98 valence electrons. The number of halogens is 1. The largest absolute Gasteiger partial charge is 0.324 e. The molecule has 1 fully saturated rings. The van der Waals surface area contributed by atoms with Crippen LogP contribution in [-0.4, -0.2) is 35.3 Å². The fraction of sp³-hybridized carbons (Fsp3) is 0.833. The standard InChI is InChI=1S/C12H21ClN2O2/c1-8(13)10(16)14-11(17)15-6-5-9(7-15)12(2,3)4/h8-9H,5-7H2,1-4H3,(H,14,16,17). The average molecular weight is 261 g/mol. The fourth-order valence-corrected chi connectivity index (χ4v) is 1.99. The van der Waals surface area contributed by atoms with E-state index in [9.17, 15) is 9.59 Å². The van der Waals surface area contributed by atoms with Crippen LogP contribution < -0.4 is 5.32 Å². The average Bonchev–Trinajstić information content (AvgIpc) is 2.65. The quantitative estimate of drug-likeness (QED) is 0.735. The van der Waals surface area contributed by atoms with E-state index in [4.69, 9.17) is 11.6 Å². The van der Waals surface area contributed by atoms with Crippen molar-refractivity contribution in [2.75, 3.05) is 13.1 Å². The molecule has 0 aliphatic carbocycles. The molecule has 3 amide bonds. The molecule has 17 heavy (non-hydrogen) atoms. The Morgan fingerprint density at radius 2 is 2.00 bits per heavy atom. The first-order chi connectivity index (χ1) is 7.71. The number of carbonyl (C=O) groups excluding carboxylic acids is 2. The minimum atomic E-state index is -0.681. The van der Waals surface area contributed by atoms with Crippen LogP contribution in [0.25, 0.3) is 0 Å². The van der Waals surface area contributed by atoms with Crippen LogP contribution in [0.4, 0.5) is 4.79 Å². The molecule has 1 aliphatic rings. The molecule has 1 N–H and O–H groups in total. The first-order valence-corrected chi connectivity index (χ1v) is 6.39. The lowest BCUT2D eigenvalue weighted by atomic mass is 9.80. The third-order valence-electron chi connectivity index (χ3n) is 3.29. The van der Waals surface area contributed by atoms with Crippen molar-refractivity contribution in [1.82, 2.24) is 10.2 Å². The minimum absolute atomic E-state index is 0.193. The second-order valence-electron chi connectivity index (χ2n) is 5.71. The Kier molecular flexibility index (Phi) is 4.42. The summed E-state index contributed by atoms with van der Waals surface area (Å²) in [6.45, 7) is 9.48. The number of alkyl halides is 1. The van der Waals surface area contributed by atoms with E-state index in [1.54, 1.807) is 11.8 Å². The molecular formula is C12H21ClN2O2. The Labute approximate surface area is 108 Å². The van der Waals surface area contributed by atoms with Gasteiger partial charge in [-0.2, -0.15) is 0 Å². The predicted molar refractivity (Wildman–Crippen MR) is 68.0 cm³/mol. The summed E-state index contributed by atoms with van der Waals surface area (Å²) in [5.41, 5.74) is 0.193. The summed E-state index contributed by atoms with van der Waals surface area (Å²) in [5.74, 6) is 0.0488. The summed E-state index contributed by atoms with van der Waals surface area (Å²) < 4.78 is 0. The third kappa shape index (κ3) is 3.87. The zero-order chi connectivity index (χ0) is 13.2. The van der Waals surface area contributed by atoms with E-state index in [-0.39, 0.29) is 11.4 Å². The smallest absolute Gasteiger partial charge is 0.324 e. The van der Waals surface area contributed by atoms with Crippen molar-refractivity contribution in [2.24, 2.45) is 11.3 Å². The number of rotatable bonds is 1. The Bertz CT molecular complexity index is 310. The second-order valence-corrected chi connectivity index (χ2v) is 6.36. The van der Waals surface area contributed by atoms with Gasteiger partial charge < -0.3 is 4.90 Å². The molecular weight excluding hydrogens is 240 g/mol. The van der Waals surface area contributed by atoms with Crippen LogP contribution in [-0.2, 0) is 4.79 Å². The molecule has 0 aromatic rings. The fourth-order valence-electron chi connectivity index (χ4n) is 1.94. The highest BCUT2D eigenvalue weighted by Gasteiger charge is 2.34. The summed E-state index contributed by atoms with van der Waals surface area (Å²) in [4.78, 5) is 24.8. The van der Waals surface area contributed by atoms with Crippen molar-refractivity contribution >= 4 is 23.5 Å². The first-order valence-electron chi connectivity index (χ1n) is 5.95. The van der Waals surface area contributed by atoms with Crippen LogP contribution in [0, 0.1) is 11.3 Å². The molecule has 0 radical (unpaired) electrons. The number of amides is 3. The van der Waals surface area contributed by atoms with Gasteiger partial charge in [-0.05, 0) is 24.7 Å². The van der Waals surface area contributed by atoms with Gasteiger partial charge in [-0.15, -0.1) is 11.6 Å². The van der Waals surface area contributed by atoms with Gasteiger partial charge in [0.05, 0.1) is 0 Å². The molecule has 0 aromatic carbocycles. The van der Waals surface area contributed by atoms with Crippen LogP contribution in [0.1, 0.15) is 34.1 Å². The maximum Gasteiger partial charge on any atom is 0.324 e. The number of carbonyl (C=O) groups is 2. The Morgan fingerprint density at radius 3 is 2.41 bits per heavy atom. The van der Waals surface area contributed by atoms with Crippen LogP contribution in [0.5, 0.6) is 0 Å². The first kappa shape index (κ1) is 14.3. The molecule has 1 aliphatic heterocycles. The number of nitrogens with zero attached hydrogens (tertiary/aromatic N) is 1. The van der Waals surface area contributed by atoms with Gasteiger partial charge in [0.25, 0.3) is 0 Å². The monoisotopic (exact) mass is 260 g/mol. The summed E-state index contributed by atoms with van der Waals surface area (Å²) in [6, 6.07) is -0.325. The zero-order valence-electron chi connectivity index (χ0n) is 10.9. The van der Waals surface area contributed by atoms with Crippen molar-refractivity contribution in [3.05, 3.63) is 0 Å². The van der Waals surface area contributed by atoms with Crippen molar-refractivity contribution in [3.63, 3.8) is 0 Å². The molecule has 5 heteroatoms. The summed E-state index contributed by atoms with van der Waals surface area (Å²) in [7, 11) is 0. The molecule has 2 atom stereocenters. The lowest BCUT2D eigenvalue weighted by Crippen LogP contribution is -2.44. The molecule has 4 nitrogen and oxygen atoms in total. The summed E-state index contributed by atoms with van der Waals surface area (Å²) in [6.07, 6.45) is 0.988. The highest BCUT2D eigenvalue weighted by atomic mass is 35.5. The Hall–Kier alpha value is -0.770.